The lowest BCUT2D eigenvalue weighted by molar-refractivity contribution is -0.118. The maximum atomic E-state index is 11.5. The van der Waals surface area contributed by atoms with Crippen LogP contribution in [0, 0.1) is 0 Å². The van der Waals surface area contributed by atoms with Crippen LogP contribution in [0.3, 0.4) is 0 Å². The quantitative estimate of drug-likeness (QED) is 0.809. The Hall–Kier alpha value is -0.270. The van der Waals surface area contributed by atoms with E-state index >= 15 is 0 Å². The van der Waals surface area contributed by atoms with E-state index in [1.165, 1.54) is 4.31 Å². The van der Waals surface area contributed by atoms with Crippen LogP contribution >= 0.6 is 11.8 Å². The lowest BCUT2D eigenvalue weighted by atomic mass is 10.3. The summed E-state index contributed by atoms with van der Waals surface area (Å²) in [7, 11) is -3.04. The molecule has 1 aliphatic heterocycles. The van der Waals surface area contributed by atoms with E-state index in [-0.39, 0.29) is 16.4 Å². The van der Waals surface area contributed by atoms with Crippen molar-refractivity contribution in [3.8, 4) is 0 Å². The topological polar surface area (TPSA) is 66.5 Å². The lowest BCUT2D eigenvalue weighted by Crippen LogP contribution is -2.36. The zero-order chi connectivity index (χ0) is 13.8. The van der Waals surface area contributed by atoms with Gasteiger partial charge in [0.05, 0.1) is 11.5 Å². The molecule has 1 rings (SSSR count). The van der Waals surface area contributed by atoms with E-state index in [9.17, 15) is 13.2 Å². The molecule has 0 aromatic rings. The normalized spacial score (nSPS) is 19.9. The van der Waals surface area contributed by atoms with E-state index in [2.05, 4.69) is 26.1 Å². The molecule has 1 heterocycles. The molecule has 0 unspecified atom stereocenters. The summed E-state index contributed by atoms with van der Waals surface area (Å²) in [6.07, 6.45) is 0.691. The van der Waals surface area contributed by atoms with Crippen molar-refractivity contribution in [2.45, 2.75) is 31.9 Å². The molecule has 0 bridgehead atoms. The summed E-state index contributed by atoms with van der Waals surface area (Å²) in [4.78, 5) is 11.5. The number of rotatable bonds is 5. The van der Waals surface area contributed by atoms with Gasteiger partial charge in [-0.25, -0.2) is 12.7 Å². The van der Waals surface area contributed by atoms with Crippen molar-refractivity contribution in [2.24, 2.45) is 0 Å². The SMILES string of the molecule is CC(C)(C)SCC(=O)NCCN1CCCS1(=O)=O. The highest BCUT2D eigenvalue weighted by atomic mass is 32.2. The van der Waals surface area contributed by atoms with Gasteiger partial charge in [0.15, 0.2) is 0 Å². The maximum Gasteiger partial charge on any atom is 0.230 e. The Kier molecular flexibility index (Phi) is 5.48. The van der Waals surface area contributed by atoms with Gasteiger partial charge < -0.3 is 5.32 Å². The van der Waals surface area contributed by atoms with Crippen molar-refractivity contribution >= 4 is 27.7 Å². The molecule has 18 heavy (non-hydrogen) atoms. The smallest absolute Gasteiger partial charge is 0.230 e. The summed E-state index contributed by atoms with van der Waals surface area (Å²) < 4.78 is 24.5. The molecule has 7 heteroatoms. The number of hydrogen-bond donors (Lipinski definition) is 1. The monoisotopic (exact) mass is 294 g/mol. The zero-order valence-electron chi connectivity index (χ0n) is 11.2. The molecule has 0 aliphatic carbocycles. The standard InChI is InChI=1S/C11H22N2O3S2/c1-11(2,3)17-9-10(14)12-5-7-13-6-4-8-18(13,15)16/h4-9H2,1-3H3,(H,12,14). The van der Waals surface area contributed by atoms with Gasteiger partial charge in [-0.3, -0.25) is 4.79 Å². The largest absolute Gasteiger partial charge is 0.354 e. The highest BCUT2D eigenvalue weighted by molar-refractivity contribution is 8.01. The van der Waals surface area contributed by atoms with Crippen molar-refractivity contribution in [1.29, 1.82) is 0 Å². The Bertz CT molecular complexity index is 388. The molecule has 0 radical (unpaired) electrons. The van der Waals surface area contributed by atoms with Crippen molar-refractivity contribution in [3.05, 3.63) is 0 Å². The lowest BCUT2D eigenvalue weighted by Gasteiger charge is -2.18. The van der Waals surface area contributed by atoms with Crippen molar-refractivity contribution in [2.75, 3.05) is 31.1 Å². The highest BCUT2D eigenvalue weighted by Gasteiger charge is 2.27. The van der Waals surface area contributed by atoms with Crippen LogP contribution in [0.15, 0.2) is 0 Å². The fourth-order valence-electron chi connectivity index (χ4n) is 1.60. The van der Waals surface area contributed by atoms with Gasteiger partial charge in [0.2, 0.25) is 15.9 Å². The summed E-state index contributed by atoms with van der Waals surface area (Å²) >= 11 is 1.58. The molecule has 1 fully saturated rings. The van der Waals surface area contributed by atoms with Crippen LogP contribution in [0.25, 0.3) is 0 Å². The number of sulfonamides is 1. The predicted molar refractivity (Wildman–Crippen MR) is 75.2 cm³/mol. The molecule has 0 aromatic heterocycles. The van der Waals surface area contributed by atoms with Gasteiger partial charge in [-0.15, -0.1) is 11.8 Å². The molecule has 0 atom stereocenters. The first kappa shape index (κ1) is 15.8. The van der Waals surface area contributed by atoms with Crippen LogP contribution in [0.5, 0.6) is 0 Å². The van der Waals surface area contributed by atoms with Crippen molar-refractivity contribution < 1.29 is 13.2 Å². The molecule has 106 valence electrons. The average molecular weight is 294 g/mol. The fraction of sp³-hybridized carbons (Fsp3) is 0.909. The average Bonchev–Trinajstić information content (AvgIpc) is 2.54. The first-order valence-corrected chi connectivity index (χ1v) is 8.69. The number of nitrogens with one attached hydrogen (secondary N) is 1. The van der Waals surface area contributed by atoms with Crippen LogP contribution in [0.4, 0.5) is 0 Å². The third-order valence-electron chi connectivity index (χ3n) is 2.52. The van der Waals surface area contributed by atoms with E-state index < -0.39 is 10.0 Å². The summed E-state index contributed by atoms with van der Waals surface area (Å²) in [6, 6.07) is 0. The first-order valence-electron chi connectivity index (χ1n) is 6.09. The minimum atomic E-state index is -3.04. The van der Waals surface area contributed by atoms with E-state index in [0.717, 1.165) is 0 Å². The van der Waals surface area contributed by atoms with Gasteiger partial charge >= 0.3 is 0 Å². The van der Waals surface area contributed by atoms with Gasteiger partial charge in [-0.2, -0.15) is 0 Å². The van der Waals surface area contributed by atoms with Crippen molar-refractivity contribution in [3.63, 3.8) is 0 Å². The summed E-state index contributed by atoms with van der Waals surface area (Å²) in [5, 5.41) is 2.75. The number of amides is 1. The third kappa shape index (κ3) is 5.58. The number of nitrogens with zero attached hydrogens (tertiary/aromatic N) is 1. The first-order chi connectivity index (χ1) is 8.21. The number of thioether (sulfide) groups is 1. The fourth-order valence-corrected chi connectivity index (χ4v) is 3.79. The second-order valence-electron chi connectivity index (χ2n) is 5.32. The Balaban J connectivity index is 2.20. The van der Waals surface area contributed by atoms with Crippen molar-refractivity contribution in [1.82, 2.24) is 9.62 Å². The molecule has 1 aliphatic rings. The number of hydrogen-bond acceptors (Lipinski definition) is 4. The summed E-state index contributed by atoms with van der Waals surface area (Å²) in [5.74, 6) is 0.614. The molecule has 5 nitrogen and oxygen atoms in total. The Labute approximate surface area is 114 Å². The summed E-state index contributed by atoms with van der Waals surface area (Å²) in [5.41, 5.74) is 0. The van der Waals surface area contributed by atoms with E-state index in [4.69, 9.17) is 0 Å². The molecule has 0 saturated carbocycles. The summed E-state index contributed by atoms with van der Waals surface area (Å²) in [6.45, 7) is 7.53. The van der Waals surface area contributed by atoms with Crippen LogP contribution < -0.4 is 5.32 Å². The van der Waals surface area contributed by atoms with E-state index in [1.54, 1.807) is 11.8 Å². The predicted octanol–water partition coefficient (Wildman–Crippen LogP) is 0.670. The molecule has 1 saturated heterocycles. The minimum absolute atomic E-state index is 0.0356. The molecule has 1 amide bonds. The van der Waals surface area contributed by atoms with Gasteiger partial charge in [0, 0.05) is 24.4 Å². The van der Waals surface area contributed by atoms with E-state index in [0.29, 0.717) is 31.8 Å². The minimum Gasteiger partial charge on any atom is -0.354 e. The second kappa shape index (κ2) is 6.25. The Morgan fingerprint density at radius 1 is 1.39 bits per heavy atom. The van der Waals surface area contributed by atoms with Gasteiger partial charge in [0.25, 0.3) is 0 Å². The highest BCUT2D eigenvalue weighted by Crippen LogP contribution is 2.22. The molecule has 1 N–H and O–H groups in total. The Morgan fingerprint density at radius 3 is 2.56 bits per heavy atom. The van der Waals surface area contributed by atoms with E-state index in [1.807, 2.05) is 0 Å². The molecule has 0 spiro atoms. The zero-order valence-corrected chi connectivity index (χ0v) is 12.9. The number of carbonyl (C=O) groups is 1. The molecular formula is C11H22N2O3S2. The van der Waals surface area contributed by atoms with Gasteiger partial charge in [-0.1, -0.05) is 20.8 Å². The maximum absolute atomic E-state index is 11.5. The van der Waals surface area contributed by atoms with Gasteiger partial charge in [0.1, 0.15) is 0 Å². The second-order valence-corrected chi connectivity index (χ2v) is 9.21. The van der Waals surface area contributed by atoms with Crippen LogP contribution in [-0.2, 0) is 14.8 Å². The molecule has 0 aromatic carbocycles. The Morgan fingerprint density at radius 2 is 2.06 bits per heavy atom. The van der Waals surface area contributed by atoms with Crippen LogP contribution in [0.1, 0.15) is 27.2 Å². The van der Waals surface area contributed by atoms with Gasteiger partial charge in [-0.05, 0) is 6.42 Å². The third-order valence-corrected chi connectivity index (χ3v) is 5.75. The van der Waals surface area contributed by atoms with Crippen LogP contribution in [0.2, 0.25) is 0 Å². The number of carbonyl (C=O) groups excluding carboxylic acids is 1. The molecular weight excluding hydrogens is 272 g/mol. The van der Waals surface area contributed by atoms with Crippen LogP contribution in [-0.4, -0.2) is 54.5 Å².